The molecule has 0 saturated carbocycles. The average molecular weight is 303 g/mol. The van der Waals surface area contributed by atoms with Gasteiger partial charge in [0.15, 0.2) is 11.9 Å². The molecule has 0 amide bonds. The van der Waals surface area contributed by atoms with Crippen molar-refractivity contribution in [3.05, 3.63) is 70.2 Å². The summed E-state index contributed by atoms with van der Waals surface area (Å²) in [5.74, 6) is 0.0522. The molecule has 0 radical (unpaired) electrons. The summed E-state index contributed by atoms with van der Waals surface area (Å²) in [6.45, 7) is 0. The fraction of sp³-hybridized carbons (Fsp3) is 0.133. The molecule has 0 N–H and O–H groups in total. The van der Waals surface area contributed by atoms with Crippen molar-refractivity contribution in [1.82, 2.24) is 0 Å². The molecule has 2 nitrogen and oxygen atoms in total. The van der Waals surface area contributed by atoms with Crippen LogP contribution in [-0.2, 0) is 4.74 Å². The highest BCUT2D eigenvalue weighted by molar-refractivity contribution is 9.10. The first-order valence-electron chi connectivity index (χ1n) is 5.76. The monoisotopic (exact) mass is 302 g/mol. The third-order valence-electron chi connectivity index (χ3n) is 3.01. The maximum Gasteiger partial charge on any atom is 0.194 e. The summed E-state index contributed by atoms with van der Waals surface area (Å²) in [5.41, 5.74) is 1.76. The first-order chi connectivity index (χ1) is 8.75. The zero-order valence-electron chi connectivity index (χ0n) is 9.55. The Kier molecular flexibility index (Phi) is 3.02. The van der Waals surface area contributed by atoms with Crippen molar-refractivity contribution in [2.75, 3.05) is 0 Å². The first kappa shape index (κ1) is 11.6. The molecule has 1 heterocycles. The third-order valence-corrected chi connectivity index (χ3v) is 3.54. The summed E-state index contributed by atoms with van der Waals surface area (Å²) in [4.78, 5) is 12.2. The fourth-order valence-corrected chi connectivity index (χ4v) is 2.25. The Labute approximate surface area is 114 Å². The molecular formula is C15H11BrO2. The molecular weight excluding hydrogens is 292 g/mol. The molecule has 1 aliphatic rings. The normalized spacial score (nSPS) is 21.6. The van der Waals surface area contributed by atoms with E-state index in [-0.39, 0.29) is 18.0 Å². The maximum absolute atomic E-state index is 12.2. The Morgan fingerprint density at radius 2 is 1.67 bits per heavy atom. The summed E-state index contributed by atoms with van der Waals surface area (Å²) in [7, 11) is 0. The van der Waals surface area contributed by atoms with Crippen LogP contribution in [0.15, 0.2) is 59.1 Å². The maximum atomic E-state index is 12.2. The van der Waals surface area contributed by atoms with Gasteiger partial charge in [-0.25, -0.2) is 0 Å². The van der Waals surface area contributed by atoms with Crippen molar-refractivity contribution in [3.63, 3.8) is 0 Å². The number of benzene rings is 2. The zero-order chi connectivity index (χ0) is 12.5. The standard InChI is InChI=1S/C15H11BrO2/c16-12-8-6-10(7-9-12)13(17)15-14(18-15)11-4-2-1-3-5-11/h1-9,14-15H/t14-,15-/m0/s1. The molecule has 1 fully saturated rings. The van der Waals surface area contributed by atoms with Crippen LogP contribution < -0.4 is 0 Å². The van der Waals surface area contributed by atoms with E-state index in [9.17, 15) is 4.79 Å². The van der Waals surface area contributed by atoms with E-state index in [1.165, 1.54) is 0 Å². The number of carbonyl (C=O) groups excluding carboxylic acids is 1. The number of halogens is 1. The van der Waals surface area contributed by atoms with Crippen LogP contribution in [-0.4, -0.2) is 11.9 Å². The molecule has 0 spiro atoms. The second-order valence-corrected chi connectivity index (χ2v) is 5.17. The van der Waals surface area contributed by atoms with Gasteiger partial charge in [0.25, 0.3) is 0 Å². The number of hydrogen-bond acceptors (Lipinski definition) is 2. The molecule has 0 aliphatic carbocycles. The van der Waals surface area contributed by atoms with Crippen LogP contribution >= 0.6 is 15.9 Å². The van der Waals surface area contributed by atoms with Crippen LogP contribution in [0.25, 0.3) is 0 Å². The lowest BCUT2D eigenvalue weighted by atomic mass is 10.0. The minimum atomic E-state index is -0.325. The van der Waals surface area contributed by atoms with Gasteiger partial charge >= 0.3 is 0 Å². The van der Waals surface area contributed by atoms with Crippen molar-refractivity contribution in [1.29, 1.82) is 0 Å². The minimum Gasteiger partial charge on any atom is -0.356 e. The third kappa shape index (κ3) is 2.24. The topological polar surface area (TPSA) is 29.6 Å². The largest absolute Gasteiger partial charge is 0.356 e. The lowest BCUT2D eigenvalue weighted by Crippen LogP contribution is -2.07. The summed E-state index contributed by atoms with van der Waals surface area (Å²) < 4.78 is 6.46. The Morgan fingerprint density at radius 1 is 1.00 bits per heavy atom. The van der Waals surface area contributed by atoms with E-state index in [1.807, 2.05) is 54.6 Å². The van der Waals surface area contributed by atoms with Gasteiger partial charge in [-0.05, 0) is 17.7 Å². The lowest BCUT2D eigenvalue weighted by molar-refractivity contribution is 0.0953. The number of rotatable bonds is 3. The molecule has 18 heavy (non-hydrogen) atoms. The summed E-state index contributed by atoms with van der Waals surface area (Å²) in [6, 6.07) is 17.2. The number of epoxide rings is 1. The van der Waals surface area contributed by atoms with Gasteiger partial charge in [-0.3, -0.25) is 4.79 Å². The molecule has 0 bridgehead atoms. The fourth-order valence-electron chi connectivity index (χ4n) is 1.99. The SMILES string of the molecule is O=C(c1ccc(Br)cc1)[C@@H]1O[C@H]1c1ccccc1. The second kappa shape index (κ2) is 4.67. The van der Waals surface area contributed by atoms with Gasteiger partial charge in [-0.1, -0.05) is 58.4 Å². The predicted octanol–water partition coefficient (Wildman–Crippen LogP) is 3.77. The van der Waals surface area contributed by atoms with Crippen LogP contribution in [0, 0.1) is 0 Å². The van der Waals surface area contributed by atoms with E-state index >= 15 is 0 Å². The van der Waals surface area contributed by atoms with E-state index < -0.39 is 0 Å². The van der Waals surface area contributed by atoms with Crippen LogP contribution in [0.1, 0.15) is 22.0 Å². The first-order valence-corrected chi connectivity index (χ1v) is 6.55. The van der Waals surface area contributed by atoms with Crippen molar-refractivity contribution in [3.8, 4) is 0 Å². The predicted molar refractivity (Wildman–Crippen MR) is 72.5 cm³/mol. The van der Waals surface area contributed by atoms with E-state index in [1.54, 1.807) is 0 Å². The van der Waals surface area contributed by atoms with Crippen LogP contribution in [0.5, 0.6) is 0 Å². The Balaban J connectivity index is 1.75. The van der Waals surface area contributed by atoms with Crippen molar-refractivity contribution in [2.45, 2.75) is 12.2 Å². The van der Waals surface area contributed by atoms with Gasteiger partial charge in [-0.2, -0.15) is 0 Å². The number of carbonyl (C=O) groups is 1. The number of ether oxygens (including phenoxy) is 1. The van der Waals surface area contributed by atoms with Gasteiger partial charge < -0.3 is 4.74 Å². The van der Waals surface area contributed by atoms with E-state index in [0.717, 1.165) is 10.0 Å². The summed E-state index contributed by atoms with van der Waals surface area (Å²) in [6.07, 6.45) is -0.407. The van der Waals surface area contributed by atoms with Crippen LogP contribution in [0.4, 0.5) is 0 Å². The van der Waals surface area contributed by atoms with E-state index in [2.05, 4.69) is 15.9 Å². The Bertz CT molecular complexity index is 563. The highest BCUT2D eigenvalue weighted by atomic mass is 79.9. The highest BCUT2D eigenvalue weighted by Crippen LogP contribution is 2.40. The van der Waals surface area contributed by atoms with Crippen molar-refractivity contribution >= 4 is 21.7 Å². The molecule has 2 aromatic carbocycles. The Hall–Kier alpha value is -1.45. The second-order valence-electron chi connectivity index (χ2n) is 4.26. The molecule has 2 aromatic rings. The van der Waals surface area contributed by atoms with Gasteiger partial charge in [0.2, 0.25) is 0 Å². The van der Waals surface area contributed by atoms with Gasteiger partial charge in [-0.15, -0.1) is 0 Å². The molecule has 1 saturated heterocycles. The van der Waals surface area contributed by atoms with Crippen LogP contribution in [0.3, 0.4) is 0 Å². The molecule has 1 aliphatic heterocycles. The number of ketones is 1. The van der Waals surface area contributed by atoms with Crippen molar-refractivity contribution < 1.29 is 9.53 Å². The molecule has 0 unspecified atom stereocenters. The van der Waals surface area contributed by atoms with E-state index in [0.29, 0.717) is 5.56 Å². The average Bonchev–Trinajstić information content (AvgIpc) is 3.20. The Morgan fingerprint density at radius 3 is 2.33 bits per heavy atom. The summed E-state index contributed by atoms with van der Waals surface area (Å²) in [5, 5.41) is 0. The van der Waals surface area contributed by atoms with Gasteiger partial charge in [0.05, 0.1) is 0 Å². The molecule has 90 valence electrons. The zero-order valence-corrected chi connectivity index (χ0v) is 11.1. The van der Waals surface area contributed by atoms with E-state index in [4.69, 9.17) is 4.74 Å². The quantitative estimate of drug-likeness (QED) is 0.638. The number of hydrogen-bond donors (Lipinski definition) is 0. The molecule has 3 heteroatoms. The molecule has 2 atom stereocenters. The molecule has 3 rings (SSSR count). The molecule has 0 aromatic heterocycles. The lowest BCUT2D eigenvalue weighted by Gasteiger charge is -1.98. The van der Waals surface area contributed by atoms with Gasteiger partial charge in [0, 0.05) is 10.0 Å². The highest BCUT2D eigenvalue weighted by Gasteiger charge is 2.45. The van der Waals surface area contributed by atoms with Crippen LogP contribution in [0.2, 0.25) is 0 Å². The number of Topliss-reactive ketones (excluding diaryl/α,β-unsaturated/α-hetero) is 1. The van der Waals surface area contributed by atoms with Gasteiger partial charge in [0.1, 0.15) is 6.10 Å². The summed E-state index contributed by atoms with van der Waals surface area (Å²) >= 11 is 3.35. The van der Waals surface area contributed by atoms with Crippen molar-refractivity contribution in [2.24, 2.45) is 0 Å². The minimum absolute atomic E-state index is 0.0522. The smallest absolute Gasteiger partial charge is 0.194 e.